The van der Waals surface area contributed by atoms with E-state index in [9.17, 15) is 4.79 Å². The zero-order chi connectivity index (χ0) is 17.4. The van der Waals surface area contributed by atoms with Crippen LogP contribution in [0.5, 0.6) is 6.01 Å². The van der Waals surface area contributed by atoms with Crippen LogP contribution in [-0.2, 0) is 11.8 Å². The molecular weight excluding hydrogens is 322 g/mol. The van der Waals surface area contributed by atoms with E-state index in [1.165, 1.54) is 0 Å². The Kier molecular flexibility index (Phi) is 3.91. The predicted octanol–water partition coefficient (Wildman–Crippen LogP) is 0.971. The third kappa shape index (κ3) is 3.21. The van der Waals surface area contributed by atoms with Gasteiger partial charge in [0.25, 0.3) is 5.91 Å². The maximum absolute atomic E-state index is 12.4. The Bertz CT molecular complexity index is 784. The maximum Gasteiger partial charge on any atom is 0.316 e. The number of aromatic nitrogens is 4. The normalized spacial score (nSPS) is 21.8. The van der Waals surface area contributed by atoms with E-state index in [2.05, 4.69) is 15.1 Å². The molecule has 8 nitrogen and oxygen atoms in total. The van der Waals surface area contributed by atoms with Crippen molar-refractivity contribution in [2.45, 2.75) is 31.5 Å². The van der Waals surface area contributed by atoms with Gasteiger partial charge in [0.15, 0.2) is 0 Å². The number of likely N-dealkylation sites (tertiary alicyclic amines) is 1. The molecule has 2 aromatic heterocycles. The van der Waals surface area contributed by atoms with Gasteiger partial charge in [0.05, 0.1) is 19.7 Å². The first-order valence-electron chi connectivity index (χ1n) is 8.42. The van der Waals surface area contributed by atoms with Crippen molar-refractivity contribution in [2.75, 3.05) is 19.7 Å². The van der Waals surface area contributed by atoms with Gasteiger partial charge < -0.3 is 14.4 Å². The van der Waals surface area contributed by atoms with Crippen LogP contribution in [-0.4, -0.2) is 62.0 Å². The number of rotatable bonds is 3. The molecule has 2 aromatic rings. The minimum atomic E-state index is -0.322. The van der Waals surface area contributed by atoms with E-state index >= 15 is 0 Å². The smallest absolute Gasteiger partial charge is 0.316 e. The molecule has 8 heteroatoms. The van der Waals surface area contributed by atoms with Gasteiger partial charge in [-0.3, -0.25) is 9.48 Å². The Balaban J connectivity index is 1.37. The largest absolute Gasteiger partial charge is 0.460 e. The lowest BCUT2D eigenvalue weighted by atomic mass is 9.84. The summed E-state index contributed by atoms with van der Waals surface area (Å²) in [5.74, 6) is -0.0557. The Morgan fingerprint density at radius 1 is 1.40 bits per heavy atom. The van der Waals surface area contributed by atoms with Crippen molar-refractivity contribution < 1.29 is 14.3 Å². The molecule has 2 saturated heterocycles. The predicted molar refractivity (Wildman–Crippen MR) is 88.2 cm³/mol. The summed E-state index contributed by atoms with van der Waals surface area (Å²) >= 11 is 0. The SMILES string of the molecule is Cc1ccnc(O[C@H]2CCOC3(C2)CN(C(=O)c2ccn(C)n2)C3)n1. The van der Waals surface area contributed by atoms with Gasteiger partial charge in [-0.05, 0) is 19.1 Å². The number of aryl methyl sites for hydroxylation is 2. The molecule has 0 radical (unpaired) electrons. The van der Waals surface area contributed by atoms with E-state index < -0.39 is 0 Å². The summed E-state index contributed by atoms with van der Waals surface area (Å²) in [6.07, 6.45) is 5.00. The Morgan fingerprint density at radius 3 is 2.96 bits per heavy atom. The van der Waals surface area contributed by atoms with E-state index in [1.807, 2.05) is 13.0 Å². The molecule has 4 heterocycles. The van der Waals surface area contributed by atoms with Crippen LogP contribution in [0.25, 0.3) is 0 Å². The van der Waals surface area contributed by atoms with Gasteiger partial charge in [0, 0.05) is 38.0 Å². The minimum Gasteiger partial charge on any atom is -0.460 e. The lowest BCUT2D eigenvalue weighted by molar-refractivity contribution is -0.174. The quantitative estimate of drug-likeness (QED) is 0.826. The van der Waals surface area contributed by atoms with Crippen molar-refractivity contribution in [1.82, 2.24) is 24.6 Å². The number of amides is 1. The number of ether oxygens (including phenoxy) is 2. The molecule has 0 N–H and O–H groups in total. The van der Waals surface area contributed by atoms with Crippen LogP contribution < -0.4 is 4.74 Å². The van der Waals surface area contributed by atoms with E-state index in [-0.39, 0.29) is 17.6 Å². The third-order valence-electron chi connectivity index (χ3n) is 4.67. The molecule has 4 rings (SSSR count). The van der Waals surface area contributed by atoms with Gasteiger partial charge >= 0.3 is 6.01 Å². The molecule has 1 atom stereocenters. The lowest BCUT2D eigenvalue weighted by Gasteiger charge is -2.52. The van der Waals surface area contributed by atoms with Crippen LogP contribution in [0.15, 0.2) is 24.5 Å². The average Bonchev–Trinajstić information content (AvgIpc) is 2.99. The lowest BCUT2D eigenvalue weighted by Crippen LogP contribution is -2.67. The molecule has 132 valence electrons. The van der Waals surface area contributed by atoms with Crippen molar-refractivity contribution >= 4 is 5.91 Å². The van der Waals surface area contributed by atoms with E-state index in [0.717, 1.165) is 18.5 Å². The first-order valence-corrected chi connectivity index (χ1v) is 8.42. The van der Waals surface area contributed by atoms with Crippen LogP contribution in [0.1, 0.15) is 29.0 Å². The fraction of sp³-hybridized carbons (Fsp3) is 0.529. The number of hydrogen-bond acceptors (Lipinski definition) is 6. The molecule has 0 unspecified atom stereocenters. The standard InChI is InChI=1S/C17H21N5O3/c1-12-3-6-18-16(19-12)25-13-5-8-24-17(9-13)10-22(11-17)15(23)14-4-7-21(2)20-14/h3-4,6-7,13H,5,8-11H2,1-2H3/t13-/m0/s1. The van der Waals surface area contributed by atoms with Gasteiger partial charge in [-0.1, -0.05) is 0 Å². The van der Waals surface area contributed by atoms with E-state index in [4.69, 9.17) is 9.47 Å². The Labute approximate surface area is 145 Å². The zero-order valence-electron chi connectivity index (χ0n) is 14.4. The van der Waals surface area contributed by atoms with Crippen LogP contribution in [0, 0.1) is 6.92 Å². The summed E-state index contributed by atoms with van der Waals surface area (Å²) in [7, 11) is 1.80. The van der Waals surface area contributed by atoms with Gasteiger partial charge in [0.1, 0.15) is 17.4 Å². The first-order chi connectivity index (χ1) is 12.0. The fourth-order valence-corrected chi connectivity index (χ4v) is 3.42. The van der Waals surface area contributed by atoms with E-state index in [1.54, 1.807) is 35.1 Å². The summed E-state index contributed by atoms with van der Waals surface area (Å²) in [5, 5.41) is 4.17. The highest BCUT2D eigenvalue weighted by Gasteiger charge is 2.50. The highest BCUT2D eigenvalue weighted by atomic mass is 16.5. The van der Waals surface area contributed by atoms with Crippen molar-refractivity contribution in [3.63, 3.8) is 0 Å². The summed E-state index contributed by atoms with van der Waals surface area (Å²) in [6.45, 7) is 3.66. The second kappa shape index (κ2) is 6.11. The second-order valence-corrected chi connectivity index (χ2v) is 6.78. The third-order valence-corrected chi connectivity index (χ3v) is 4.67. The summed E-state index contributed by atoms with van der Waals surface area (Å²) in [5.41, 5.74) is 1.02. The average molecular weight is 343 g/mol. The van der Waals surface area contributed by atoms with Crippen LogP contribution in [0.2, 0.25) is 0 Å². The van der Waals surface area contributed by atoms with Gasteiger partial charge in [-0.25, -0.2) is 9.97 Å². The van der Waals surface area contributed by atoms with Crippen molar-refractivity contribution in [3.05, 3.63) is 35.9 Å². The number of carbonyl (C=O) groups is 1. The van der Waals surface area contributed by atoms with Crippen molar-refractivity contribution in [1.29, 1.82) is 0 Å². The zero-order valence-corrected chi connectivity index (χ0v) is 14.4. The van der Waals surface area contributed by atoms with Crippen LogP contribution in [0.3, 0.4) is 0 Å². The monoisotopic (exact) mass is 343 g/mol. The molecule has 0 aliphatic carbocycles. The topological polar surface area (TPSA) is 82.4 Å². The first kappa shape index (κ1) is 16.0. The Hall–Kier alpha value is -2.48. The highest BCUT2D eigenvalue weighted by Crippen LogP contribution is 2.36. The number of carbonyl (C=O) groups excluding carboxylic acids is 1. The van der Waals surface area contributed by atoms with Crippen molar-refractivity contribution in [2.24, 2.45) is 7.05 Å². The molecule has 0 saturated carbocycles. The highest BCUT2D eigenvalue weighted by molar-refractivity contribution is 5.93. The molecule has 2 aliphatic rings. The Morgan fingerprint density at radius 2 is 2.24 bits per heavy atom. The van der Waals surface area contributed by atoms with Crippen LogP contribution >= 0.6 is 0 Å². The molecule has 1 spiro atoms. The summed E-state index contributed by atoms with van der Waals surface area (Å²) < 4.78 is 13.5. The summed E-state index contributed by atoms with van der Waals surface area (Å²) in [6, 6.07) is 3.98. The second-order valence-electron chi connectivity index (χ2n) is 6.78. The van der Waals surface area contributed by atoms with Gasteiger partial charge in [-0.15, -0.1) is 0 Å². The van der Waals surface area contributed by atoms with Gasteiger partial charge in [0.2, 0.25) is 0 Å². The van der Waals surface area contributed by atoms with E-state index in [0.29, 0.717) is 31.4 Å². The molecule has 2 aliphatic heterocycles. The van der Waals surface area contributed by atoms with Gasteiger partial charge in [-0.2, -0.15) is 5.10 Å². The minimum absolute atomic E-state index is 0.00246. The molecule has 0 bridgehead atoms. The molecule has 25 heavy (non-hydrogen) atoms. The maximum atomic E-state index is 12.4. The molecule has 1 amide bonds. The molecule has 2 fully saturated rings. The molecular formula is C17H21N5O3. The number of nitrogens with zero attached hydrogens (tertiary/aromatic N) is 5. The fourth-order valence-electron chi connectivity index (χ4n) is 3.42. The van der Waals surface area contributed by atoms with Crippen molar-refractivity contribution in [3.8, 4) is 6.01 Å². The molecule has 0 aromatic carbocycles. The van der Waals surface area contributed by atoms with Crippen LogP contribution in [0.4, 0.5) is 0 Å². The summed E-state index contributed by atoms with van der Waals surface area (Å²) in [4.78, 5) is 22.6. The number of hydrogen-bond donors (Lipinski definition) is 0.